The summed E-state index contributed by atoms with van der Waals surface area (Å²) in [4.78, 5) is 93.8. The van der Waals surface area contributed by atoms with Crippen molar-refractivity contribution in [3.8, 4) is 0 Å². The Hall–Kier alpha value is -5.07. The van der Waals surface area contributed by atoms with Gasteiger partial charge in [-0.25, -0.2) is 9.59 Å². The van der Waals surface area contributed by atoms with E-state index in [9.17, 15) is 33.6 Å². The molecule has 0 aromatic heterocycles. The van der Waals surface area contributed by atoms with E-state index < -0.39 is 71.6 Å². The topological polar surface area (TPSA) is 186 Å². The van der Waals surface area contributed by atoms with E-state index in [2.05, 4.69) is 21.3 Å². The number of nitrogens with one attached hydrogen (secondary N) is 4. The van der Waals surface area contributed by atoms with Crippen molar-refractivity contribution in [3.63, 3.8) is 0 Å². The summed E-state index contributed by atoms with van der Waals surface area (Å²) in [6, 6.07) is 14.4. The lowest BCUT2D eigenvalue weighted by atomic mass is 9.87. The number of carbonyl (C=O) groups excluding carboxylic acids is 7. The van der Waals surface area contributed by atoms with Crippen molar-refractivity contribution in [3.05, 3.63) is 71.8 Å². The van der Waals surface area contributed by atoms with Gasteiger partial charge in [-0.3, -0.25) is 24.0 Å². The van der Waals surface area contributed by atoms with Gasteiger partial charge in [-0.05, 0) is 47.6 Å². The van der Waals surface area contributed by atoms with Gasteiger partial charge >= 0.3 is 11.9 Å². The Kier molecular flexibility index (Phi) is 19.4. The minimum absolute atomic E-state index is 0.185. The maximum atomic E-state index is 14.0. The summed E-state index contributed by atoms with van der Waals surface area (Å²) in [5.74, 6) is -6.84. The van der Waals surface area contributed by atoms with Gasteiger partial charge in [0.25, 0.3) is 0 Å². The second-order valence-electron chi connectivity index (χ2n) is 15.7. The fraction of sp³-hybridized carbons (Fsp3) is 0.558. The molecule has 0 fully saturated rings. The molecule has 2 aromatic rings. The zero-order chi connectivity index (χ0) is 42.1. The molecule has 13 nitrogen and oxygen atoms in total. The molecule has 0 aliphatic heterocycles. The smallest absolute Gasteiger partial charge is 0.328 e. The Balaban J connectivity index is 2.39. The van der Waals surface area contributed by atoms with Crippen molar-refractivity contribution in [2.75, 3.05) is 14.2 Å². The van der Waals surface area contributed by atoms with E-state index in [1.54, 1.807) is 55.4 Å². The summed E-state index contributed by atoms with van der Waals surface area (Å²) in [7, 11) is 2.47. The highest BCUT2D eigenvalue weighted by Crippen LogP contribution is 2.21. The van der Waals surface area contributed by atoms with Crippen molar-refractivity contribution in [1.29, 1.82) is 0 Å². The first kappa shape index (κ1) is 47.1. The minimum Gasteiger partial charge on any atom is -0.467 e. The van der Waals surface area contributed by atoms with Crippen molar-refractivity contribution in [1.82, 2.24) is 21.3 Å². The van der Waals surface area contributed by atoms with Crippen molar-refractivity contribution < 1.29 is 43.0 Å². The molecular formula is C43H62N4O9. The predicted octanol–water partition coefficient (Wildman–Crippen LogP) is 3.96. The highest BCUT2D eigenvalue weighted by Gasteiger charge is 2.36. The van der Waals surface area contributed by atoms with Gasteiger partial charge in [-0.2, -0.15) is 0 Å². The molecule has 0 saturated carbocycles. The third kappa shape index (κ3) is 14.9. The van der Waals surface area contributed by atoms with Gasteiger partial charge in [0.05, 0.1) is 14.2 Å². The van der Waals surface area contributed by atoms with Crippen LogP contribution in [0.1, 0.15) is 79.4 Å². The van der Waals surface area contributed by atoms with E-state index in [-0.39, 0.29) is 55.1 Å². The van der Waals surface area contributed by atoms with Gasteiger partial charge in [0.2, 0.25) is 23.6 Å². The van der Waals surface area contributed by atoms with E-state index in [0.29, 0.717) is 0 Å². The zero-order valence-corrected chi connectivity index (χ0v) is 34.5. The molecule has 0 spiro atoms. The molecular weight excluding hydrogens is 716 g/mol. The highest BCUT2D eigenvalue weighted by molar-refractivity contribution is 5.95. The molecule has 2 aromatic carbocycles. The summed E-state index contributed by atoms with van der Waals surface area (Å²) in [5.41, 5.74) is 1.60. The fourth-order valence-corrected chi connectivity index (χ4v) is 6.29. The number of carbonyl (C=O) groups is 7. The molecule has 0 aliphatic carbocycles. The number of methoxy groups -OCH3 is 2. The molecule has 6 atom stereocenters. The van der Waals surface area contributed by atoms with Crippen molar-refractivity contribution in [2.45, 2.75) is 105 Å². The molecule has 56 heavy (non-hydrogen) atoms. The number of ketones is 1. The lowest BCUT2D eigenvalue weighted by molar-refractivity contribution is -0.147. The average Bonchev–Trinajstić information content (AvgIpc) is 3.15. The molecule has 0 saturated heterocycles. The first-order valence-corrected chi connectivity index (χ1v) is 19.4. The van der Waals surface area contributed by atoms with Gasteiger partial charge < -0.3 is 30.7 Å². The van der Waals surface area contributed by atoms with Gasteiger partial charge in [-0.15, -0.1) is 0 Å². The van der Waals surface area contributed by atoms with E-state index in [1.807, 2.05) is 60.7 Å². The molecule has 3 unspecified atom stereocenters. The standard InChI is InChI=1S/C43H62N4O9/c1-25(2)34(40(51)46-36(27(5)6)42(53)55-9)44-38(49)31(21-29-17-13-11-14-18-29)23-33(48)24-32(22-30-19-15-12-16-20-30)39(50)45-35(26(3)4)41(52)47-37(28(7)8)43(54)56-10/h11-20,25-28,31-32,34-37H,21-24H2,1-10H3,(H,44,49)(H,45,50)(H,46,51)(H,47,52)/t31?,32?,34-,35?,36-,37-/m0/s1. The third-order valence-electron chi connectivity index (χ3n) is 9.67. The van der Waals surface area contributed by atoms with Crippen LogP contribution >= 0.6 is 0 Å². The van der Waals surface area contributed by atoms with Crippen LogP contribution in [0.5, 0.6) is 0 Å². The van der Waals surface area contributed by atoms with Gasteiger partial charge in [-0.1, -0.05) is 116 Å². The Morgan fingerprint density at radius 1 is 0.446 bits per heavy atom. The summed E-state index contributed by atoms with van der Waals surface area (Å²) in [6.07, 6.45) is -0.0917. The van der Waals surface area contributed by atoms with E-state index in [4.69, 9.17) is 9.47 Å². The molecule has 0 bridgehead atoms. The van der Waals surface area contributed by atoms with Crippen LogP contribution in [0.2, 0.25) is 0 Å². The quantitative estimate of drug-likeness (QED) is 0.129. The molecule has 0 heterocycles. The maximum absolute atomic E-state index is 14.0. The van der Waals surface area contributed by atoms with Gasteiger partial charge in [0.1, 0.15) is 30.0 Å². The summed E-state index contributed by atoms with van der Waals surface area (Å²) < 4.78 is 9.73. The second kappa shape index (κ2) is 23.1. The fourth-order valence-electron chi connectivity index (χ4n) is 6.29. The van der Waals surface area contributed by atoms with E-state index >= 15 is 0 Å². The first-order valence-electron chi connectivity index (χ1n) is 19.4. The first-order chi connectivity index (χ1) is 26.4. The van der Waals surface area contributed by atoms with Crippen LogP contribution in [0.4, 0.5) is 0 Å². The molecule has 308 valence electrons. The van der Waals surface area contributed by atoms with Crippen LogP contribution in [0, 0.1) is 35.5 Å². The monoisotopic (exact) mass is 778 g/mol. The number of benzene rings is 2. The van der Waals surface area contributed by atoms with E-state index in [1.165, 1.54) is 14.2 Å². The van der Waals surface area contributed by atoms with Crippen LogP contribution < -0.4 is 21.3 Å². The Labute approximate surface area is 331 Å². The normalized spacial score (nSPS) is 14.5. The zero-order valence-electron chi connectivity index (χ0n) is 34.5. The molecule has 13 heteroatoms. The number of rotatable bonds is 22. The average molecular weight is 779 g/mol. The largest absolute Gasteiger partial charge is 0.467 e. The van der Waals surface area contributed by atoms with Crippen LogP contribution in [-0.2, 0) is 55.9 Å². The summed E-state index contributed by atoms with van der Waals surface area (Å²) in [6.45, 7) is 14.1. The number of esters is 2. The molecule has 2 rings (SSSR count). The second-order valence-corrected chi connectivity index (χ2v) is 15.7. The van der Waals surface area contributed by atoms with E-state index in [0.717, 1.165) is 11.1 Å². The number of hydrogen-bond acceptors (Lipinski definition) is 9. The Morgan fingerprint density at radius 2 is 0.732 bits per heavy atom. The van der Waals surface area contributed by atoms with Crippen LogP contribution in [-0.4, -0.2) is 79.7 Å². The number of amides is 4. The summed E-state index contributed by atoms with van der Waals surface area (Å²) in [5, 5.41) is 11.1. The van der Waals surface area contributed by atoms with Crippen molar-refractivity contribution in [2.24, 2.45) is 35.5 Å². The van der Waals surface area contributed by atoms with Crippen LogP contribution in [0.15, 0.2) is 60.7 Å². The predicted molar refractivity (Wildman–Crippen MR) is 213 cm³/mol. The van der Waals surface area contributed by atoms with Gasteiger partial charge in [0.15, 0.2) is 0 Å². The number of Topliss-reactive ketones (excluding diaryl/α,β-unsaturated/α-hetero) is 1. The van der Waals surface area contributed by atoms with Gasteiger partial charge in [0, 0.05) is 24.7 Å². The minimum atomic E-state index is -1.02. The third-order valence-corrected chi connectivity index (χ3v) is 9.67. The lowest BCUT2D eigenvalue weighted by Crippen LogP contribution is -2.56. The maximum Gasteiger partial charge on any atom is 0.328 e. The molecule has 0 aliphatic rings. The lowest BCUT2D eigenvalue weighted by Gasteiger charge is -2.28. The number of ether oxygens (including phenoxy) is 2. The molecule has 4 amide bonds. The molecule has 0 radical (unpaired) electrons. The van der Waals surface area contributed by atoms with Crippen LogP contribution in [0.25, 0.3) is 0 Å². The SMILES string of the molecule is COC(=O)[C@@H](NC(=O)C(NC(=O)C(CC(=O)CC(Cc1ccccc1)C(=O)N[C@H](C(=O)N[C@H](C(=O)OC)C(C)C)C(C)C)Cc1ccccc1)C(C)C)C(C)C. The highest BCUT2D eigenvalue weighted by atomic mass is 16.5. The Bertz CT molecular complexity index is 1490. The Morgan fingerprint density at radius 3 is 1.00 bits per heavy atom. The number of hydrogen-bond donors (Lipinski definition) is 4. The summed E-state index contributed by atoms with van der Waals surface area (Å²) >= 11 is 0. The molecule has 4 N–H and O–H groups in total. The van der Waals surface area contributed by atoms with Crippen LogP contribution in [0.3, 0.4) is 0 Å². The van der Waals surface area contributed by atoms with Crippen molar-refractivity contribution >= 4 is 41.4 Å².